The number of nitrogens with zero attached hydrogens (tertiary/aromatic N) is 5. The fourth-order valence-electron chi connectivity index (χ4n) is 2.64. The Morgan fingerprint density at radius 3 is 2.74 bits per heavy atom. The van der Waals surface area contributed by atoms with E-state index in [1.165, 1.54) is 28.6 Å². The van der Waals surface area contributed by atoms with E-state index in [0.29, 0.717) is 5.65 Å². The molecule has 0 aromatic carbocycles. The van der Waals surface area contributed by atoms with Crippen LogP contribution in [0.1, 0.15) is 33.9 Å². The number of fused-ring (bicyclic) bond motifs is 1. The monoisotopic (exact) mass is 377 g/mol. The molecule has 3 rings (SSSR count). The zero-order chi connectivity index (χ0) is 19.7. The minimum absolute atomic E-state index is 0.101. The number of aromatic nitrogens is 5. The molecule has 3 heterocycles. The van der Waals surface area contributed by atoms with Gasteiger partial charge in [-0.3, -0.25) is 14.3 Å². The van der Waals surface area contributed by atoms with Gasteiger partial charge in [0.15, 0.2) is 11.3 Å². The van der Waals surface area contributed by atoms with E-state index in [-0.39, 0.29) is 11.3 Å². The molecule has 2 amide bonds. The Bertz CT molecular complexity index is 1030. The van der Waals surface area contributed by atoms with Crippen molar-refractivity contribution in [2.45, 2.75) is 20.3 Å². The maximum atomic E-state index is 12.9. The van der Waals surface area contributed by atoms with Gasteiger partial charge < -0.3 is 10.6 Å². The van der Waals surface area contributed by atoms with Crippen LogP contribution in [0.15, 0.2) is 18.5 Å². The second-order valence-corrected chi connectivity index (χ2v) is 5.97. The molecule has 2 N–H and O–H groups in total. The molecule has 142 valence electrons. The molecule has 27 heavy (non-hydrogen) atoms. The lowest BCUT2D eigenvalue weighted by atomic mass is 10.3. The van der Waals surface area contributed by atoms with Crippen LogP contribution in [0.4, 0.5) is 14.5 Å². The summed E-state index contributed by atoms with van der Waals surface area (Å²) < 4.78 is 28.5. The Morgan fingerprint density at radius 1 is 1.30 bits per heavy atom. The van der Waals surface area contributed by atoms with Crippen molar-refractivity contribution in [1.29, 1.82) is 0 Å². The Labute approximate surface area is 152 Å². The third-order valence-corrected chi connectivity index (χ3v) is 3.77. The molecule has 3 aromatic rings. The first-order chi connectivity index (χ1) is 12.8. The first-order valence-electron chi connectivity index (χ1n) is 7.98. The third kappa shape index (κ3) is 3.76. The van der Waals surface area contributed by atoms with E-state index in [0.717, 1.165) is 11.4 Å². The van der Waals surface area contributed by atoms with Crippen molar-refractivity contribution in [3.8, 4) is 0 Å². The molecule has 0 saturated carbocycles. The van der Waals surface area contributed by atoms with Gasteiger partial charge in [-0.15, -0.1) is 0 Å². The van der Waals surface area contributed by atoms with E-state index in [2.05, 4.69) is 25.8 Å². The minimum atomic E-state index is -2.83. The van der Waals surface area contributed by atoms with Crippen LogP contribution in [0.25, 0.3) is 5.65 Å². The van der Waals surface area contributed by atoms with Crippen molar-refractivity contribution < 1.29 is 18.4 Å². The predicted molar refractivity (Wildman–Crippen MR) is 91.6 cm³/mol. The lowest BCUT2D eigenvalue weighted by molar-refractivity contribution is -0.115. The predicted octanol–water partition coefficient (Wildman–Crippen LogP) is 1.39. The number of amides is 2. The average Bonchev–Trinajstić information content (AvgIpc) is 3.16. The Morgan fingerprint density at radius 2 is 2.04 bits per heavy atom. The minimum Gasteiger partial charge on any atom is -0.343 e. The molecule has 0 aliphatic heterocycles. The Hall–Kier alpha value is -3.37. The number of carbonyl (C=O) groups is 2. The van der Waals surface area contributed by atoms with E-state index in [4.69, 9.17) is 0 Å². The van der Waals surface area contributed by atoms with Crippen molar-refractivity contribution in [3.63, 3.8) is 0 Å². The van der Waals surface area contributed by atoms with Gasteiger partial charge >= 0.3 is 0 Å². The van der Waals surface area contributed by atoms with E-state index in [1.807, 2.05) is 13.0 Å². The molecule has 0 bridgehead atoms. The fraction of sp³-hybridized carbons (Fsp3) is 0.312. The van der Waals surface area contributed by atoms with Crippen LogP contribution in [0.3, 0.4) is 0 Å². The maximum absolute atomic E-state index is 12.9. The number of hydrogen-bond acceptors (Lipinski definition) is 5. The van der Waals surface area contributed by atoms with Gasteiger partial charge in [-0.2, -0.15) is 10.2 Å². The first-order valence-corrected chi connectivity index (χ1v) is 7.98. The molecular weight excluding hydrogens is 360 g/mol. The molecule has 9 nitrogen and oxygen atoms in total. The number of nitrogens with one attached hydrogen (secondary N) is 2. The fourth-order valence-corrected chi connectivity index (χ4v) is 2.64. The van der Waals surface area contributed by atoms with Gasteiger partial charge in [0.2, 0.25) is 5.91 Å². The number of anilines is 1. The Balaban J connectivity index is 1.69. The average molecular weight is 377 g/mol. The number of rotatable bonds is 5. The molecule has 0 aliphatic carbocycles. The summed E-state index contributed by atoms with van der Waals surface area (Å²) in [6.07, 6.45) is -0.201. The summed E-state index contributed by atoms with van der Waals surface area (Å²) >= 11 is 0. The largest absolute Gasteiger partial charge is 0.343 e. The number of alkyl halides is 2. The quantitative estimate of drug-likeness (QED) is 0.699. The van der Waals surface area contributed by atoms with E-state index >= 15 is 0 Å². The number of aryl methyl sites for hydroxylation is 3. The zero-order valence-electron chi connectivity index (χ0n) is 14.8. The number of halogens is 2. The van der Waals surface area contributed by atoms with E-state index in [1.54, 1.807) is 6.92 Å². The van der Waals surface area contributed by atoms with Gasteiger partial charge in [0.25, 0.3) is 12.3 Å². The second-order valence-electron chi connectivity index (χ2n) is 5.97. The van der Waals surface area contributed by atoms with Crippen molar-refractivity contribution in [3.05, 3.63) is 41.1 Å². The molecule has 0 spiro atoms. The molecule has 0 saturated heterocycles. The lowest BCUT2D eigenvalue weighted by Crippen LogP contribution is -2.33. The van der Waals surface area contributed by atoms with Crippen molar-refractivity contribution in [2.75, 3.05) is 11.9 Å². The van der Waals surface area contributed by atoms with Gasteiger partial charge in [0.05, 0.1) is 18.4 Å². The van der Waals surface area contributed by atoms with Gasteiger partial charge in [0, 0.05) is 24.6 Å². The smallest absolute Gasteiger partial charge is 0.284 e. The van der Waals surface area contributed by atoms with Crippen molar-refractivity contribution in [2.24, 2.45) is 7.05 Å². The second kappa shape index (κ2) is 7.09. The lowest BCUT2D eigenvalue weighted by Gasteiger charge is -2.06. The molecule has 3 aromatic heterocycles. The van der Waals surface area contributed by atoms with Crippen LogP contribution in [0.5, 0.6) is 0 Å². The highest BCUT2D eigenvalue weighted by Crippen LogP contribution is 2.24. The summed E-state index contributed by atoms with van der Waals surface area (Å²) in [7, 11) is 1.46. The van der Waals surface area contributed by atoms with E-state index < -0.39 is 30.5 Å². The SMILES string of the molecule is Cc1cc(C)n2ncc(C(=O)NCC(=O)Nc3cn(C)nc3C(F)F)c2n1. The highest BCUT2D eigenvalue weighted by Gasteiger charge is 2.20. The first kappa shape index (κ1) is 18.4. The number of hydrogen-bond donors (Lipinski definition) is 2. The molecule has 0 atom stereocenters. The van der Waals surface area contributed by atoms with E-state index in [9.17, 15) is 18.4 Å². The summed E-state index contributed by atoms with van der Waals surface area (Å²) in [5, 5.41) is 12.5. The van der Waals surface area contributed by atoms with Crippen LogP contribution in [-0.2, 0) is 11.8 Å². The molecule has 0 aliphatic rings. The normalized spacial score (nSPS) is 11.2. The summed E-state index contributed by atoms with van der Waals surface area (Å²) in [4.78, 5) is 28.6. The zero-order valence-corrected chi connectivity index (χ0v) is 14.8. The van der Waals surface area contributed by atoms with Gasteiger partial charge in [-0.05, 0) is 19.9 Å². The summed E-state index contributed by atoms with van der Waals surface area (Å²) in [5.41, 5.74) is 1.49. The van der Waals surface area contributed by atoms with Crippen LogP contribution in [-0.4, -0.2) is 42.7 Å². The van der Waals surface area contributed by atoms with Crippen molar-refractivity contribution in [1.82, 2.24) is 29.7 Å². The van der Waals surface area contributed by atoms with Gasteiger partial charge in [0.1, 0.15) is 5.56 Å². The molecule has 0 fully saturated rings. The van der Waals surface area contributed by atoms with Gasteiger partial charge in [-0.25, -0.2) is 18.3 Å². The van der Waals surface area contributed by atoms with Gasteiger partial charge in [-0.1, -0.05) is 0 Å². The molecule has 11 heteroatoms. The maximum Gasteiger partial charge on any atom is 0.284 e. The number of carbonyl (C=O) groups excluding carboxylic acids is 2. The summed E-state index contributed by atoms with van der Waals surface area (Å²) in [6.45, 7) is 3.22. The van der Waals surface area contributed by atoms with Crippen LogP contribution in [0, 0.1) is 13.8 Å². The standard InChI is InChI=1S/C16H17F2N7O2/c1-8-4-9(2)25-15(21-8)10(5-20-25)16(27)19-6-12(26)22-11-7-24(3)23-13(11)14(17)18/h4-5,7,14H,6H2,1-3H3,(H,19,27)(H,22,26). The molecule has 0 radical (unpaired) electrons. The van der Waals surface area contributed by atoms with Crippen molar-refractivity contribution >= 4 is 23.1 Å². The Kier molecular flexibility index (Phi) is 4.84. The van der Waals surface area contributed by atoms with Crippen LogP contribution in [0.2, 0.25) is 0 Å². The summed E-state index contributed by atoms with van der Waals surface area (Å²) in [6, 6.07) is 1.82. The summed E-state index contributed by atoms with van der Waals surface area (Å²) in [5.74, 6) is -1.20. The highest BCUT2D eigenvalue weighted by atomic mass is 19.3. The highest BCUT2D eigenvalue weighted by molar-refractivity contribution is 6.02. The topological polar surface area (TPSA) is 106 Å². The van der Waals surface area contributed by atoms with Crippen LogP contribution < -0.4 is 10.6 Å². The molecular formula is C16H17F2N7O2. The third-order valence-electron chi connectivity index (χ3n) is 3.77. The molecule has 0 unspecified atom stereocenters. The van der Waals surface area contributed by atoms with Crippen LogP contribution >= 0.6 is 0 Å².